The fraction of sp³-hybridized carbons (Fsp3) is 0.222. The molecule has 0 saturated carbocycles. The third-order valence-corrected chi connectivity index (χ3v) is 1.65. The van der Waals surface area contributed by atoms with Gasteiger partial charge in [-0.15, -0.1) is 0 Å². The molecule has 0 aliphatic heterocycles. The number of amides is 1. The molecule has 1 aromatic rings. The van der Waals surface area contributed by atoms with Gasteiger partial charge in [0.25, 0.3) is 5.91 Å². The average Bonchev–Trinajstić information content (AvgIpc) is 2.07. The third-order valence-electron chi connectivity index (χ3n) is 1.65. The van der Waals surface area contributed by atoms with Gasteiger partial charge in [-0.2, -0.15) is 0 Å². The first-order chi connectivity index (χ1) is 6.50. The summed E-state index contributed by atoms with van der Waals surface area (Å²) in [7, 11) is 3.64. The van der Waals surface area contributed by atoms with E-state index in [1.54, 1.807) is 23.2 Å². The molecule has 0 unspecified atom stereocenters. The molecule has 1 aromatic carbocycles. The Labute approximate surface area is 82.6 Å². The van der Waals surface area contributed by atoms with Gasteiger partial charge in [0.2, 0.25) is 0 Å². The number of hydrogen-bond donors (Lipinski definition) is 3. The Kier molecular flexibility index (Phi) is 2.93. The first kappa shape index (κ1) is 10.3. The molecule has 5 nitrogen and oxygen atoms in total. The van der Waals surface area contributed by atoms with Gasteiger partial charge in [-0.05, 0) is 18.2 Å². The minimum absolute atomic E-state index is 0.388. The number of rotatable bonds is 3. The van der Waals surface area contributed by atoms with E-state index in [4.69, 9.17) is 11.5 Å². The molecule has 0 heterocycles. The van der Waals surface area contributed by atoms with Crippen molar-refractivity contribution in [1.29, 1.82) is 0 Å². The first-order valence-electron chi connectivity index (χ1n) is 4.14. The summed E-state index contributed by atoms with van der Waals surface area (Å²) in [6.07, 6.45) is 0. The Morgan fingerprint density at radius 2 is 2.07 bits per heavy atom. The van der Waals surface area contributed by atoms with E-state index in [9.17, 15) is 4.79 Å². The van der Waals surface area contributed by atoms with Gasteiger partial charge < -0.3 is 16.9 Å². The number of nitrogens with one attached hydrogen (secondary N) is 1. The highest BCUT2D eigenvalue weighted by molar-refractivity contribution is 5.99. The number of primary amides is 1. The smallest absolute Gasteiger partial charge is 0.250 e. The SMILES string of the molecule is CN(C)Nc1ccc(N)cc1C(N)=O. The quantitative estimate of drug-likeness (QED) is 0.476. The van der Waals surface area contributed by atoms with Crippen LogP contribution < -0.4 is 16.9 Å². The topological polar surface area (TPSA) is 84.4 Å². The Bertz CT molecular complexity index is 349. The highest BCUT2D eigenvalue weighted by Crippen LogP contribution is 2.18. The maximum absolute atomic E-state index is 11.1. The molecule has 0 radical (unpaired) electrons. The number of carbonyl (C=O) groups is 1. The second-order valence-electron chi connectivity index (χ2n) is 3.18. The zero-order valence-electron chi connectivity index (χ0n) is 8.24. The zero-order chi connectivity index (χ0) is 10.7. The van der Waals surface area contributed by atoms with E-state index in [1.165, 1.54) is 0 Å². The largest absolute Gasteiger partial charge is 0.399 e. The average molecular weight is 194 g/mol. The van der Waals surface area contributed by atoms with Gasteiger partial charge in [-0.25, -0.2) is 5.01 Å². The minimum Gasteiger partial charge on any atom is -0.399 e. The van der Waals surface area contributed by atoms with Crippen LogP contribution in [0, 0.1) is 0 Å². The summed E-state index contributed by atoms with van der Waals surface area (Å²) < 4.78 is 0. The molecule has 0 atom stereocenters. The van der Waals surface area contributed by atoms with Crippen molar-refractivity contribution in [3.8, 4) is 0 Å². The number of anilines is 2. The second-order valence-corrected chi connectivity index (χ2v) is 3.18. The van der Waals surface area contributed by atoms with Crippen molar-refractivity contribution in [1.82, 2.24) is 5.01 Å². The molecule has 5 heteroatoms. The molecule has 0 aliphatic carbocycles. The lowest BCUT2D eigenvalue weighted by atomic mass is 10.1. The van der Waals surface area contributed by atoms with Crippen LogP contribution in [-0.4, -0.2) is 25.0 Å². The monoisotopic (exact) mass is 194 g/mol. The van der Waals surface area contributed by atoms with Crippen molar-refractivity contribution >= 4 is 17.3 Å². The standard InChI is InChI=1S/C9H14N4O/c1-13(2)12-8-4-3-6(10)5-7(8)9(11)14/h3-5,12H,10H2,1-2H3,(H2,11,14). The normalized spacial score (nSPS) is 10.2. The molecule has 1 amide bonds. The van der Waals surface area contributed by atoms with E-state index in [2.05, 4.69) is 5.43 Å². The van der Waals surface area contributed by atoms with Crippen LogP contribution in [0.15, 0.2) is 18.2 Å². The van der Waals surface area contributed by atoms with Crippen LogP contribution in [0.25, 0.3) is 0 Å². The summed E-state index contributed by atoms with van der Waals surface area (Å²) in [5.41, 5.74) is 15.3. The molecular weight excluding hydrogens is 180 g/mol. The van der Waals surface area contributed by atoms with Crippen molar-refractivity contribution in [3.63, 3.8) is 0 Å². The van der Waals surface area contributed by atoms with Crippen molar-refractivity contribution in [3.05, 3.63) is 23.8 Å². The molecule has 0 fully saturated rings. The summed E-state index contributed by atoms with van der Waals surface area (Å²) in [5, 5.41) is 1.72. The van der Waals surface area contributed by atoms with Crippen LogP contribution in [-0.2, 0) is 0 Å². The molecule has 0 aliphatic rings. The Morgan fingerprint density at radius 1 is 1.43 bits per heavy atom. The van der Waals surface area contributed by atoms with Gasteiger partial charge in [0.05, 0.1) is 11.3 Å². The number of hydrazine groups is 1. The Hall–Kier alpha value is -1.75. The van der Waals surface area contributed by atoms with Crippen LogP contribution in [0.4, 0.5) is 11.4 Å². The highest BCUT2D eigenvalue weighted by atomic mass is 16.1. The van der Waals surface area contributed by atoms with E-state index in [1.807, 2.05) is 14.1 Å². The van der Waals surface area contributed by atoms with E-state index in [-0.39, 0.29) is 0 Å². The molecule has 0 saturated heterocycles. The molecule has 14 heavy (non-hydrogen) atoms. The van der Waals surface area contributed by atoms with Gasteiger partial charge in [-0.1, -0.05) is 0 Å². The summed E-state index contributed by atoms with van der Waals surface area (Å²) >= 11 is 0. The molecule has 0 spiro atoms. The second kappa shape index (κ2) is 3.97. The van der Waals surface area contributed by atoms with E-state index in [0.717, 1.165) is 0 Å². The van der Waals surface area contributed by atoms with Crippen molar-refractivity contribution in [2.24, 2.45) is 5.73 Å². The van der Waals surface area contributed by atoms with Crippen LogP contribution in [0.5, 0.6) is 0 Å². The summed E-state index contributed by atoms with van der Waals surface area (Å²) in [4.78, 5) is 11.1. The van der Waals surface area contributed by atoms with Crippen LogP contribution in [0.3, 0.4) is 0 Å². The minimum atomic E-state index is -0.498. The number of hydrogen-bond acceptors (Lipinski definition) is 4. The van der Waals surface area contributed by atoms with Gasteiger partial charge in [0, 0.05) is 19.8 Å². The Balaban J connectivity index is 3.08. The fourth-order valence-corrected chi connectivity index (χ4v) is 1.10. The van der Waals surface area contributed by atoms with Crippen molar-refractivity contribution < 1.29 is 4.79 Å². The van der Waals surface area contributed by atoms with Crippen LogP contribution >= 0.6 is 0 Å². The first-order valence-corrected chi connectivity index (χ1v) is 4.14. The number of carbonyl (C=O) groups excluding carboxylic acids is 1. The highest BCUT2D eigenvalue weighted by Gasteiger charge is 2.08. The number of nitrogens with two attached hydrogens (primary N) is 2. The lowest BCUT2D eigenvalue weighted by Crippen LogP contribution is -2.23. The maximum atomic E-state index is 11.1. The number of nitrogens with zero attached hydrogens (tertiary/aromatic N) is 1. The summed E-state index contributed by atoms with van der Waals surface area (Å²) in [5.74, 6) is -0.498. The van der Waals surface area contributed by atoms with E-state index in [0.29, 0.717) is 16.9 Å². The van der Waals surface area contributed by atoms with Gasteiger partial charge in [0.1, 0.15) is 0 Å². The van der Waals surface area contributed by atoms with Gasteiger partial charge in [0.15, 0.2) is 0 Å². The lowest BCUT2D eigenvalue weighted by Gasteiger charge is -2.16. The van der Waals surface area contributed by atoms with Crippen molar-refractivity contribution in [2.75, 3.05) is 25.3 Å². The van der Waals surface area contributed by atoms with Crippen LogP contribution in [0.1, 0.15) is 10.4 Å². The molecule has 76 valence electrons. The lowest BCUT2D eigenvalue weighted by molar-refractivity contribution is 0.100. The molecule has 5 N–H and O–H groups in total. The third kappa shape index (κ3) is 2.37. The molecule has 0 bridgehead atoms. The molecule has 0 aromatic heterocycles. The van der Waals surface area contributed by atoms with E-state index >= 15 is 0 Å². The van der Waals surface area contributed by atoms with Crippen LogP contribution in [0.2, 0.25) is 0 Å². The fourth-order valence-electron chi connectivity index (χ4n) is 1.10. The summed E-state index contributed by atoms with van der Waals surface area (Å²) in [6, 6.07) is 4.97. The van der Waals surface area contributed by atoms with Crippen molar-refractivity contribution in [2.45, 2.75) is 0 Å². The van der Waals surface area contributed by atoms with E-state index < -0.39 is 5.91 Å². The number of nitrogen functional groups attached to an aromatic ring is 1. The maximum Gasteiger partial charge on any atom is 0.250 e. The number of benzene rings is 1. The molecular formula is C9H14N4O. The molecule has 1 rings (SSSR count). The summed E-state index contributed by atoms with van der Waals surface area (Å²) in [6.45, 7) is 0. The predicted molar refractivity (Wildman–Crippen MR) is 56.7 cm³/mol. The predicted octanol–water partition coefficient (Wildman–Crippen LogP) is 0.256. The van der Waals surface area contributed by atoms with Gasteiger partial charge in [-0.3, -0.25) is 4.79 Å². The van der Waals surface area contributed by atoms with Gasteiger partial charge >= 0.3 is 0 Å². The Morgan fingerprint density at radius 3 is 2.57 bits per heavy atom. The zero-order valence-corrected chi connectivity index (χ0v) is 8.24.